The van der Waals surface area contributed by atoms with Crippen LogP contribution in [0, 0.1) is 0 Å². The number of thiocarbonyl (C=S) groups is 1. The number of hydrogen-bond acceptors (Lipinski definition) is 3. The molecule has 1 aromatic carbocycles. The number of thioether (sulfide) groups is 1. The lowest BCUT2D eigenvalue weighted by atomic mass is 9.94. The average molecular weight is 382 g/mol. The smallest absolute Gasteiger partial charge is 0.266 e. The molecule has 0 aromatic heterocycles. The first-order valence-electron chi connectivity index (χ1n) is 7.18. The number of carbonyl (C=O) groups is 1. The van der Waals surface area contributed by atoms with Gasteiger partial charge in [-0.2, -0.15) is 0 Å². The topological polar surface area (TPSA) is 20.3 Å². The Labute approximate surface area is 143 Å². The van der Waals surface area contributed by atoms with E-state index in [2.05, 4.69) is 15.9 Å². The van der Waals surface area contributed by atoms with Crippen molar-refractivity contribution >= 4 is 56.2 Å². The van der Waals surface area contributed by atoms with Gasteiger partial charge in [0.15, 0.2) is 0 Å². The largest absolute Gasteiger partial charge is 0.290 e. The first-order chi connectivity index (χ1) is 10.1. The Morgan fingerprint density at radius 1 is 1.19 bits per heavy atom. The predicted octanol–water partition coefficient (Wildman–Crippen LogP) is 4.98. The molecule has 1 amide bonds. The summed E-state index contributed by atoms with van der Waals surface area (Å²) in [5.74, 6) is 0.0832. The van der Waals surface area contributed by atoms with Crippen molar-refractivity contribution in [2.75, 3.05) is 0 Å². The molecule has 2 aliphatic rings. The number of halogens is 1. The van der Waals surface area contributed by atoms with E-state index in [0.29, 0.717) is 6.04 Å². The molecule has 0 spiro atoms. The average Bonchev–Trinajstić information content (AvgIpc) is 2.77. The quantitative estimate of drug-likeness (QED) is 0.531. The summed E-state index contributed by atoms with van der Waals surface area (Å²) >= 11 is 10.3. The van der Waals surface area contributed by atoms with Gasteiger partial charge in [0, 0.05) is 10.5 Å². The third-order valence-electron chi connectivity index (χ3n) is 3.93. The summed E-state index contributed by atoms with van der Waals surface area (Å²) in [5, 5.41) is 0. The first kappa shape index (κ1) is 15.3. The fourth-order valence-corrected chi connectivity index (χ4v) is 4.51. The van der Waals surface area contributed by atoms with Gasteiger partial charge in [-0.1, -0.05) is 71.3 Å². The molecule has 2 nitrogen and oxygen atoms in total. The fourth-order valence-electron chi connectivity index (χ4n) is 2.84. The minimum atomic E-state index is 0.0832. The van der Waals surface area contributed by atoms with Crippen molar-refractivity contribution in [1.29, 1.82) is 0 Å². The van der Waals surface area contributed by atoms with Gasteiger partial charge in [-0.05, 0) is 36.6 Å². The molecule has 0 atom stereocenters. The van der Waals surface area contributed by atoms with Gasteiger partial charge in [-0.25, -0.2) is 0 Å². The highest BCUT2D eigenvalue weighted by Gasteiger charge is 2.37. The molecule has 0 bridgehead atoms. The maximum atomic E-state index is 12.6. The van der Waals surface area contributed by atoms with Gasteiger partial charge >= 0.3 is 0 Å². The zero-order valence-corrected chi connectivity index (χ0v) is 14.8. The second-order valence-electron chi connectivity index (χ2n) is 5.40. The summed E-state index contributed by atoms with van der Waals surface area (Å²) in [6, 6.07) is 8.26. The summed E-state index contributed by atoms with van der Waals surface area (Å²) in [4.78, 5) is 15.2. The minimum Gasteiger partial charge on any atom is -0.290 e. The van der Waals surface area contributed by atoms with Crippen LogP contribution in [0.3, 0.4) is 0 Å². The van der Waals surface area contributed by atoms with E-state index in [1.165, 1.54) is 31.0 Å². The van der Waals surface area contributed by atoms with Gasteiger partial charge in [0.25, 0.3) is 5.91 Å². The molecular weight excluding hydrogens is 366 g/mol. The Kier molecular flexibility index (Phi) is 4.82. The summed E-state index contributed by atoms with van der Waals surface area (Å²) in [6.45, 7) is 0. The Hall–Kier alpha value is -0.650. The van der Waals surface area contributed by atoms with Crippen LogP contribution in [0.15, 0.2) is 33.6 Å². The van der Waals surface area contributed by atoms with E-state index >= 15 is 0 Å². The molecule has 2 fully saturated rings. The molecule has 21 heavy (non-hydrogen) atoms. The monoisotopic (exact) mass is 381 g/mol. The van der Waals surface area contributed by atoms with Crippen molar-refractivity contribution in [3.05, 3.63) is 39.2 Å². The van der Waals surface area contributed by atoms with Crippen molar-refractivity contribution in [1.82, 2.24) is 4.90 Å². The van der Waals surface area contributed by atoms with Gasteiger partial charge in [-0.3, -0.25) is 9.69 Å². The van der Waals surface area contributed by atoms with Crippen molar-refractivity contribution < 1.29 is 4.79 Å². The van der Waals surface area contributed by atoms with Crippen molar-refractivity contribution in [2.45, 2.75) is 38.1 Å². The maximum absolute atomic E-state index is 12.6. The SMILES string of the molecule is O=C1/C(=C/c2ccc(Br)cc2)SC(=S)N1C1CCCCC1. The normalized spacial score (nSPS) is 22.3. The van der Waals surface area contributed by atoms with E-state index in [-0.39, 0.29) is 5.91 Å². The first-order valence-corrected chi connectivity index (χ1v) is 9.19. The van der Waals surface area contributed by atoms with Gasteiger partial charge in [0.05, 0.1) is 4.91 Å². The van der Waals surface area contributed by atoms with Gasteiger partial charge in [0.2, 0.25) is 0 Å². The molecular formula is C16H16BrNOS2. The van der Waals surface area contributed by atoms with Gasteiger partial charge in [-0.15, -0.1) is 0 Å². The third kappa shape index (κ3) is 3.41. The van der Waals surface area contributed by atoms with Crippen LogP contribution in [-0.2, 0) is 4.79 Å². The zero-order valence-electron chi connectivity index (χ0n) is 11.5. The Bertz CT molecular complexity index is 591. The number of benzene rings is 1. The van der Waals surface area contributed by atoms with Crippen LogP contribution in [0.1, 0.15) is 37.7 Å². The van der Waals surface area contributed by atoms with Crippen LogP contribution in [0.5, 0.6) is 0 Å². The van der Waals surface area contributed by atoms with E-state index in [9.17, 15) is 4.79 Å². The number of nitrogens with zero attached hydrogens (tertiary/aromatic N) is 1. The fraction of sp³-hybridized carbons (Fsp3) is 0.375. The summed E-state index contributed by atoms with van der Waals surface area (Å²) in [6.07, 6.45) is 7.78. The summed E-state index contributed by atoms with van der Waals surface area (Å²) < 4.78 is 1.75. The molecule has 110 valence electrons. The Morgan fingerprint density at radius 2 is 1.86 bits per heavy atom. The molecule has 3 rings (SSSR count). The molecule has 5 heteroatoms. The molecule has 1 heterocycles. The third-order valence-corrected chi connectivity index (χ3v) is 5.79. The van der Waals surface area contributed by atoms with E-state index in [0.717, 1.165) is 32.1 Å². The highest BCUT2D eigenvalue weighted by Crippen LogP contribution is 2.37. The van der Waals surface area contributed by atoms with E-state index < -0.39 is 0 Å². The molecule has 0 radical (unpaired) electrons. The highest BCUT2D eigenvalue weighted by atomic mass is 79.9. The van der Waals surface area contributed by atoms with Crippen LogP contribution in [0.25, 0.3) is 6.08 Å². The molecule has 1 aliphatic heterocycles. The molecule has 1 saturated carbocycles. The summed E-state index contributed by atoms with van der Waals surface area (Å²) in [7, 11) is 0. The van der Waals surface area contributed by atoms with Crippen LogP contribution in [0.4, 0.5) is 0 Å². The molecule has 1 saturated heterocycles. The van der Waals surface area contributed by atoms with Crippen LogP contribution >= 0.6 is 39.9 Å². The second-order valence-corrected chi connectivity index (χ2v) is 7.99. The maximum Gasteiger partial charge on any atom is 0.266 e. The van der Waals surface area contributed by atoms with Crippen LogP contribution in [0.2, 0.25) is 0 Å². The molecule has 0 N–H and O–H groups in total. The van der Waals surface area contributed by atoms with Gasteiger partial charge < -0.3 is 0 Å². The number of amides is 1. The predicted molar refractivity (Wildman–Crippen MR) is 96.0 cm³/mol. The molecule has 1 aromatic rings. The Morgan fingerprint density at radius 3 is 2.52 bits per heavy atom. The van der Waals surface area contributed by atoms with Crippen LogP contribution in [-0.4, -0.2) is 21.2 Å². The second kappa shape index (κ2) is 6.63. The lowest BCUT2D eigenvalue weighted by Crippen LogP contribution is -2.39. The van der Waals surface area contributed by atoms with E-state index in [1.54, 1.807) is 0 Å². The Balaban J connectivity index is 1.80. The van der Waals surface area contributed by atoms with Crippen molar-refractivity contribution in [2.24, 2.45) is 0 Å². The molecule has 0 unspecified atom stereocenters. The van der Waals surface area contributed by atoms with Crippen molar-refractivity contribution in [3.8, 4) is 0 Å². The minimum absolute atomic E-state index is 0.0832. The standard InChI is InChI=1S/C16H16BrNOS2/c17-12-8-6-11(7-9-12)10-14-15(19)18(16(20)21-14)13-4-2-1-3-5-13/h6-10,13H,1-5H2/b14-10-. The lowest BCUT2D eigenvalue weighted by Gasteiger charge is -2.29. The van der Waals surface area contributed by atoms with E-state index in [4.69, 9.17) is 12.2 Å². The van der Waals surface area contributed by atoms with Crippen LogP contribution < -0.4 is 0 Å². The van der Waals surface area contributed by atoms with E-state index in [1.807, 2.05) is 35.2 Å². The summed E-state index contributed by atoms with van der Waals surface area (Å²) in [5.41, 5.74) is 1.03. The van der Waals surface area contributed by atoms with Gasteiger partial charge in [0.1, 0.15) is 4.32 Å². The lowest BCUT2D eigenvalue weighted by molar-refractivity contribution is -0.124. The highest BCUT2D eigenvalue weighted by molar-refractivity contribution is 9.10. The number of hydrogen-bond donors (Lipinski definition) is 0. The number of carbonyl (C=O) groups excluding carboxylic acids is 1. The zero-order chi connectivity index (χ0) is 14.8. The number of rotatable bonds is 2. The van der Waals surface area contributed by atoms with Crippen molar-refractivity contribution in [3.63, 3.8) is 0 Å². The molecule has 1 aliphatic carbocycles.